The maximum atomic E-state index is 7.32. The lowest BCUT2D eigenvalue weighted by atomic mass is 10.1. The van der Waals surface area contributed by atoms with E-state index in [0.717, 1.165) is 11.1 Å². The summed E-state index contributed by atoms with van der Waals surface area (Å²) in [6.07, 6.45) is -0.909. The van der Waals surface area contributed by atoms with Gasteiger partial charge in [-0.15, -0.1) is 0 Å². The van der Waals surface area contributed by atoms with E-state index in [2.05, 4.69) is 106 Å². The zero-order valence-corrected chi connectivity index (χ0v) is 26.3. The molecule has 0 aliphatic carbocycles. The molecule has 0 aliphatic rings. The van der Waals surface area contributed by atoms with Gasteiger partial charge in [0.2, 0.25) is 0 Å². The summed E-state index contributed by atoms with van der Waals surface area (Å²) in [5, 5.41) is 2.26. The molecule has 42 heavy (non-hydrogen) atoms. The molecule has 0 bridgehead atoms. The second kappa shape index (κ2) is 15.4. The number of methoxy groups -OCH3 is 1. The van der Waals surface area contributed by atoms with Gasteiger partial charge in [0.05, 0.1) is 32.5 Å². The Morgan fingerprint density at radius 2 is 1.05 bits per heavy atom. The van der Waals surface area contributed by atoms with Gasteiger partial charge in [-0.1, -0.05) is 142 Å². The van der Waals surface area contributed by atoms with Gasteiger partial charge in [0.1, 0.15) is 12.2 Å². The predicted molar refractivity (Wildman–Crippen MR) is 173 cm³/mol. The molecule has 6 heteroatoms. The molecule has 5 nitrogen and oxygen atoms in total. The van der Waals surface area contributed by atoms with Gasteiger partial charge >= 0.3 is 0 Å². The molecule has 0 aromatic heterocycles. The van der Waals surface area contributed by atoms with E-state index in [-0.39, 0.29) is 5.04 Å². The van der Waals surface area contributed by atoms with Crippen LogP contribution in [0.5, 0.6) is 0 Å². The molecule has 0 amide bonds. The number of ether oxygens (including phenoxy) is 3. The van der Waals surface area contributed by atoms with Crippen molar-refractivity contribution in [1.82, 2.24) is 0 Å². The number of hydrogen-bond donors (Lipinski definition) is 1. The smallest absolute Gasteiger partial charge is 0.261 e. The molecule has 0 heterocycles. The fourth-order valence-corrected chi connectivity index (χ4v) is 10.1. The van der Waals surface area contributed by atoms with Crippen molar-refractivity contribution in [2.24, 2.45) is 5.73 Å². The van der Waals surface area contributed by atoms with Gasteiger partial charge in [0, 0.05) is 7.11 Å². The third-order valence-corrected chi connectivity index (χ3v) is 12.6. The summed E-state index contributed by atoms with van der Waals surface area (Å²) < 4.78 is 26.0. The van der Waals surface area contributed by atoms with Crippen molar-refractivity contribution in [1.29, 1.82) is 0 Å². The first-order valence-electron chi connectivity index (χ1n) is 14.7. The van der Waals surface area contributed by atoms with E-state index in [1.165, 1.54) is 10.4 Å². The maximum absolute atomic E-state index is 7.32. The Hall–Kier alpha value is -3.10. The normalized spacial score (nSPS) is 14.3. The van der Waals surface area contributed by atoms with Crippen molar-refractivity contribution in [2.75, 3.05) is 20.3 Å². The fraction of sp³-hybridized carbons (Fsp3) is 0.333. The maximum Gasteiger partial charge on any atom is 0.261 e. The van der Waals surface area contributed by atoms with Crippen molar-refractivity contribution in [3.8, 4) is 0 Å². The van der Waals surface area contributed by atoms with E-state index >= 15 is 0 Å². The van der Waals surface area contributed by atoms with Crippen molar-refractivity contribution in [3.05, 3.63) is 132 Å². The molecule has 4 aromatic carbocycles. The number of rotatable bonds is 15. The number of hydrogen-bond acceptors (Lipinski definition) is 5. The van der Waals surface area contributed by atoms with Crippen molar-refractivity contribution in [2.45, 2.75) is 57.3 Å². The van der Waals surface area contributed by atoms with Crippen LogP contribution in [0, 0.1) is 0 Å². The zero-order valence-electron chi connectivity index (χ0n) is 25.3. The molecule has 3 atom stereocenters. The Bertz CT molecular complexity index is 1260. The van der Waals surface area contributed by atoms with E-state index in [0.29, 0.717) is 26.4 Å². The predicted octanol–water partition coefficient (Wildman–Crippen LogP) is 5.71. The SMILES string of the molecule is COC[C@H](N)[C@H](OCc1ccccc1)[C@@H](CO[Si](c1ccccc1)(c1ccccc1)C(C)(C)C)OCc1ccccc1. The van der Waals surface area contributed by atoms with Crippen molar-refractivity contribution < 1.29 is 18.6 Å². The minimum absolute atomic E-state index is 0.172. The molecular formula is C36H45NO4Si. The van der Waals surface area contributed by atoms with Gasteiger partial charge in [-0.3, -0.25) is 0 Å². The lowest BCUT2D eigenvalue weighted by Crippen LogP contribution is -2.67. The average molecular weight is 584 g/mol. The van der Waals surface area contributed by atoms with E-state index in [4.69, 9.17) is 24.4 Å². The quantitative estimate of drug-likeness (QED) is 0.182. The van der Waals surface area contributed by atoms with Gasteiger partial charge in [0.25, 0.3) is 8.32 Å². The molecule has 222 valence electrons. The summed E-state index contributed by atoms with van der Waals surface area (Å²) in [5.74, 6) is 0. The Balaban J connectivity index is 1.71. The van der Waals surface area contributed by atoms with Gasteiger partial charge < -0.3 is 24.4 Å². The summed E-state index contributed by atoms with van der Waals surface area (Å²) in [6, 6.07) is 41.2. The first kappa shape index (κ1) is 31.8. The first-order valence-corrected chi connectivity index (χ1v) is 16.6. The Morgan fingerprint density at radius 3 is 1.48 bits per heavy atom. The highest BCUT2D eigenvalue weighted by molar-refractivity contribution is 6.99. The Labute approximate surface area is 252 Å². The van der Waals surface area contributed by atoms with Crippen molar-refractivity contribution in [3.63, 3.8) is 0 Å². The minimum atomic E-state index is -2.81. The summed E-state index contributed by atoms with van der Waals surface area (Å²) in [5.41, 5.74) is 8.89. The third kappa shape index (κ3) is 8.04. The van der Waals surface area contributed by atoms with Crippen LogP contribution in [0.25, 0.3) is 0 Å². The summed E-state index contributed by atoms with van der Waals surface area (Å²) in [7, 11) is -1.15. The summed E-state index contributed by atoms with van der Waals surface area (Å²) in [6.45, 7) is 8.31. The fourth-order valence-electron chi connectivity index (χ4n) is 5.54. The molecule has 4 rings (SSSR count). The highest BCUT2D eigenvalue weighted by Crippen LogP contribution is 2.37. The first-order chi connectivity index (χ1) is 20.3. The Morgan fingerprint density at radius 1 is 0.619 bits per heavy atom. The van der Waals surface area contributed by atoms with Gasteiger partial charge in [0.15, 0.2) is 0 Å². The average Bonchev–Trinajstić information content (AvgIpc) is 3.01. The highest BCUT2D eigenvalue weighted by atomic mass is 28.4. The van der Waals surface area contributed by atoms with Crippen LogP contribution < -0.4 is 16.1 Å². The molecule has 0 aliphatic heterocycles. The number of nitrogens with two attached hydrogens (primary N) is 1. The summed E-state index contributed by atoms with van der Waals surface area (Å²) >= 11 is 0. The van der Waals surface area contributed by atoms with Crippen LogP contribution >= 0.6 is 0 Å². The van der Waals surface area contributed by atoms with E-state index in [1.54, 1.807) is 7.11 Å². The molecule has 0 radical (unpaired) electrons. The van der Waals surface area contributed by atoms with E-state index < -0.39 is 26.6 Å². The van der Waals surface area contributed by atoms with E-state index in [9.17, 15) is 0 Å². The highest BCUT2D eigenvalue weighted by Gasteiger charge is 2.51. The lowest BCUT2D eigenvalue weighted by Gasteiger charge is -2.44. The molecule has 0 fully saturated rings. The van der Waals surface area contributed by atoms with Gasteiger partial charge in [-0.05, 0) is 26.5 Å². The zero-order chi connectivity index (χ0) is 29.8. The monoisotopic (exact) mass is 583 g/mol. The van der Waals surface area contributed by atoms with Crippen LogP contribution in [0.3, 0.4) is 0 Å². The largest absolute Gasteiger partial charge is 0.405 e. The molecule has 2 N–H and O–H groups in total. The Kier molecular flexibility index (Phi) is 11.7. The third-order valence-electron chi connectivity index (χ3n) is 7.62. The van der Waals surface area contributed by atoms with E-state index in [1.807, 2.05) is 36.4 Å². The summed E-state index contributed by atoms with van der Waals surface area (Å²) in [4.78, 5) is 0. The topological polar surface area (TPSA) is 62.9 Å². The van der Waals surface area contributed by atoms with Crippen LogP contribution in [0.15, 0.2) is 121 Å². The van der Waals surface area contributed by atoms with Crippen LogP contribution in [0.4, 0.5) is 0 Å². The standard InChI is InChI=1S/C36H45NO4Si/c1-36(2,3)42(31-21-13-7-14-22-31,32-23-15-8-16-24-32)41-28-34(39-25-29-17-9-5-10-18-29)35(33(37)27-38-4)40-26-30-19-11-6-12-20-30/h5-24,33-35H,25-28,37H2,1-4H3/t33-,34+,35-/m0/s1. The molecule has 4 aromatic rings. The molecule has 0 saturated carbocycles. The van der Waals surface area contributed by atoms with Gasteiger partial charge in [-0.2, -0.15) is 0 Å². The minimum Gasteiger partial charge on any atom is -0.405 e. The van der Waals surface area contributed by atoms with Crippen molar-refractivity contribution >= 4 is 18.7 Å². The second-order valence-electron chi connectivity index (χ2n) is 11.7. The molecule has 0 spiro atoms. The molecule has 0 saturated heterocycles. The van der Waals surface area contributed by atoms with Crippen LogP contribution in [-0.2, 0) is 31.9 Å². The van der Waals surface area contributed by atoms with Crippen LogP contribution in [0.1, 0.15) is 31.9 Å². The van der Waals surface area contributed by atoms with Crippen LogP contribution in [0.2, 0.25) is 5.04 Å². The van der Waals surface area contributed by atoms with Gasteiger partial charge in [-0.25, -0.2) is 0 Å². The van der Waals surface area contributed by atoms with Crippen LogP contribution in [-0.4, -0.2) is 46.9 Å². The molecular weight excluding hydrogens is 538 g/mol. The molecule has 0 unspecified atom stereocenters. The number of benzene rings is 4. The lowest BCUT2D eigenvalue weighted by molar-refractivity contribution is -0.115. The second-order valence-corrected chi connectivity index (χ2v) is 16.0.